The zero-order chi connectivity index (χ0) is 12.8. The highest BCUT2D eigenvalue weighted by Gasteiger charge is 2.42. The number of ether oxygens (including phenoxy) is 2. The van der Waals surface area contributed by atoms with Crippen molar-refractivity contribution >= 4 is 0 Å². The standard InChI is InChI=1S/C13H16FNO3/c14-11-8(16)5-9-12(18-7-17-9)10(11)13(6-15)3-1-2-4-13/h5,16H,1-4,6-7,15H2. The van der Waals surface area contributed by atoms with Crippen molar-refractivity contribution in [3.63, 3.8) is 0 Å². The van der Waals surface area contributed by atoms with Gasteiger partial charge in [-0.05, 0) is 12.8 Å². The Hall–Kier alpha value is -1.49. The Morgan fingerprint density at radius 1 is 1.33 bits per heavy atom. The average Bonchev–Trinajstić information content (AvgIpc) is 3.00. The van der Waals surface area contributed by atoms with Gasteiger partial charge in [0.15, 0.2) is 23.1 Å². The third kappa shape index (κ3) is 1.47. The Kier molecular flexibility index (Phi) is 2.59. The van der Waals surface area contributed by atoms with Gasteiger partial charge in [0.05, 0.1) is 0 Å². The molecule has 98 valence electrons. The number of benzene rings is 1. The first-order valence-corrected chi connectivity index (χ1v) is 6.19. The van der Waals surface area contributed by atoms with Crippen molar-refractivity contribution in [3.8, 4) is 17.2 Å². The summed E-state index contributed by atoms with van der Waals surface area (Å²) >= 11 is 0. The monoisotopic (exact) mass is 253 g/mol. The van der Waals surface area contributed by atoms with Crippen LogP contribution >= 0.6 is 0 Å². The highest BCUT2D eigenvalue weighted by atomic mass is 19.1. The van der Waals surface area contributed by atoms with Gasteiger partial charge in [0.2, 0.25) is 6.79 Å². The molecule has 1 aromatic rings. The fraction of sp³-hybridized carbons (Fsp3) is 0.538. The fourth-order valence-electron chi connectivity index (χ4n) is 3.09. The minimum Gasteiger partial charge on any atom is -0.505 e. The van der Waals surface area contributed by atoms with Crippen LogP contribution in [0.1, 0.15) is 31.2 Å². The zero-order valence-electron chi connectivity index (χ0n) is 10.0. The summed E-state index contributed by atoms with van der Waals surface area (Å²) in [5, 5.41) is 9.68. The molecule has 0 spiro atoms. The number of rotatable bonds is 2. The van der Waals surface area contributed by atoms with E-state index in [0.29, 0.717) is 23.6 Å². The van der Waals surface area contributed by atoms with E-state index >= 15 is 0 Å². The van der Waals surface area contributed by atoms with Gasteiger partial charge in [-0.25, -0.2) is 4.39 Å². The second kappa shape index (κ2) is 4.02. The van der Waals surface area contributed by atoms with E-state index in [-0.39, 0.29) is 6.79 Å². The molecule has 1 aliphatic carbocycles. The molecule has 0 bridgehead atoms. The summed E-state index contributed by atoms with van der Waals surface area (Å²) in [7, 11) is 0. The van der Waals surface area contributed by atoms with Crippen LogP contribution in [0.15, 0.2) is 6.07 Å². The van der Waals surface area contributed by atoms with Gasteiger partial charge in [-0.15, -0.1) is 0 Å². The van der Waals surface area contributed by atoms with Crippen LogP contribution in [0.3, 0.4) is 0 Å². The van der Waals surface area contributed by atoms with Crippen molar-refractivity contribution < 1.29 is 19.0 Å². The molecule has 1 fully saturated rings. The third-order valence-electron chi connectivity index (χ3n) is 4.06. The van der Waals surface area contributed by atoms with E-state index in [1.807, 2.05) is 0 Å². The Labute approximate surface area is 105 Å². The molecule has 0 aromatic heterocycles. The second-order valence-corrected chi connectivity index (χ2v) is 5.01. The molecule has 0 amide bonds. The Morgan fingerprint density at radius 3 is 2.72 bits per heavy atom. The molecule has 4 nitrogen and oxygen atoms in total. The minimum atomic E-state index is -0.619. The number of aromatic hydroxyl groups is 1. The number of nitrogens with two attached hydrogens (primary N) is 1. The molecule has 0 radical (unpaired) electrons. The molecule has 3 N–H and O–H groups in total. The van der Waals surface area contributed by atoms with Gasteiger partial charge in [0.25, 0.3) is 0 Å². The van der Waals surface area contributed by atoms with Crippen LogP contribution in [0.25, 0.3) is 0 Å². The number of fused-ring (bicyclic) bond motifs is 1. The van der Waals surface area contributed by atoms with Crippen molar-refractivity contribution in [2.45, 2.75) is 31.1 Å². The van der Waals surface area contributed by atoms with Crippen LogP contribution in [-0.4, -0.2) is 18.4 Å². The summed E-state index contributed by atoms with van der Waals surface area (Å²) in [5.41, 5.74) is 5.84. The number of phenolic OH excluding ortho intramolecular Hbond substituents is 1. The van der Waals surface area contributed by atoms with Gasteiger partial charge in [-0.2, -0.15) is 0 Å². The smallest absolute Gasteiger partial charge is 0.231 e. The molecule has 3 rings (SSSR count). The lowest BCUT2D eigenvalue weighted by molar-refractivity contribution is 0.171. The topological polar surface area (TPSA) is 64.7 Å². The maximum atomic E-state index is 14.3. The second-order valence-electron chi connectivity index (χ2n) is 5.01. The zero-order valence-corrected chi connectivity index (χ0v) is 10.0. The van der Waals surface area contributed by atoms with E-state index in [1.165, 1.54) is 6.07 Å². The van der Waals surface area contributed by atoms with Gasteiger partial charge < -0.3 is 20.3 Å². The SMILES string of the molecule is NCC1(c2c(F)c(O)cc3c2OCO3)CCCC1. The maximum absolute atomic E-state index is 14.3. The van der Waals surface area contributed by atoms with Gasteiger partial charge in [-0.1, -0.05) is 12.8 Å². The van der Waals surface area contributed by atoms with Crippen LogP contribution in [0.5, 0.6) is 17.2 Å². The Balaban J connectivity index is 2.21. The number of halogens is 1. The van der Waals surface area contributed by atoms with Gasteiger partial charge in [-0.3, -0.25) is 0 Å². The molecule has 0 atom stereocenters. The first-order valence-electron chi connectivity index (χ1n) is 6.19. The first-order chi connectivity index (χ1) is 8.68. The predicted molar refractivity (Wildman–Crippen MR) is 63.4 cm³/mol. The van der Waals surface area contributed by atoms with E-state index in [0.717, 1.165) is 25.7 Å². The summed E-state index contributed by atoms with van der Waals surface area (Å²) in [4.78, 5) is 0. The predicted octanol–water partition coefficient (Wildman–Crippen LogP) is 2.03. The Morgan fingerprint density at radius 2 is 2.06 bits per heavy atom. The fourth-order valence-corrected chi connectivity index (χ4v) is 3.09. The van der Waals surface area contributed by atoms with Gasteiger partial charge in [0, 0.05) is 23.6 Å². The number of phenols is 1. The van der Waals surface area contributed by atoms with Crippen LogP contribution < -0.4 is 15.2 Å². The van der Waals surface area contributed by atoms with Crippen LogP contribution in [0, 0.1) is 5.82 Å². The first kappa shape index (κ1) is 11.6. The van der Waals surface area contributed by atoms with Gasteiger partial charge in [0.1, 0.15) is 0 Å². The highest BCUT2D eigenvalue weighted by Crippen LogP contribution is 2.51. The molecule has 2 aliphatic rings. The lowest BCUT2D eigenvalue weighted by atomic mass is 9.78. The summed E-state index contributed by atoms with van der Waals surface area (Å²) in [5.74, 6) is -0.193. The number of hydrogen-bond acceptors (Lipinski definition) is 4. The molecular weight excluding hydrogens is 237 g/mol. The normalized spacial score (nSPS) is 20.3. The van der Waals surface area contributed by atoms with E-state index in [1.54, 1.807) is 0 Å². The molecule has 1 aromatic carbocycles. The van der Waals surface area contributed by atoms with Crippen molar-refractivity contribution in [2.75, 3.05) is 13.3 Å². The highest BCUT2D eigenvalue weighted by molar-refractivity contribution is 5.57. The van der Waals surface area contributed by atoms with E-state index in [2.05, 4.69) is 0 Å². The number of hydrogen-bond donors (Lipinski definition) is 2. The molecule has 0 unspecified atom stereocenters. The van der Waals surface area contributed by atoms with Crippen molar-refractivity contribution in [1.82, 2.24) is 0 Å². The molecule has 0 saturated heterocycles. The maximum Gasteiger partial charge on any atom is 0.231 e. The summed E-state index contributed by atoms with van der Waals surface area (Å²) in [6.07, 6.45) is 3.67. The van der Waals surface area contributed by atoms with Gasteiger partial charge >= 0.3 is 0 Å². The molecule has 5 heteroatoms. The quantitative estimate of drug-likeness (QED) is 0.846. The average molecular weight is 253 g/mol. The van der Waals surface area contributed by atoms with E-state index in [9.17, 15) is 9.50 Å². The van der Waals surface area contributed by atoms with Crippen LogP contribution in [0.2, 0.25) is 0 Å². The third-order valence-corrected chi connectivity index (χ3v) is 4.06. The molecule has 1 aliphatic heterocycles. The lowest BCUT2D eigenvalue weighted by Crippen LogP contribution is -2.33. The van der Waals surface area contributed by atoms with Crippen molar-refractivity contribution in [3.05, 3.63) is 17.4 Å². The van der Waals surface area contributed by atoms with Crippen LogP contribution in [-0.2, 0) is 5.41 Å². The van der Waals surface area contributed by atoms with Crippen molar-refractivity contribution in [2.24, 2.45) is 5.73 Å². The molecular formula is C13H16FNO3. The molecule has 18 heavy (non-hydrogen) atoms. The summed E-state index contributed by atoms with van der Waals surface area (Å²) in [6, 6.07) is 1.26. The minimum absolute atomic E-state index is 0.0614. The molecule has 1 saturated carbocycles. The van der Waals surface area contributed by atoms with Crippen molar-refractivity contribution in [1.29, 1.82) is 0 Å². The lowest BCUT2D eigenvalue weighted by Gasteiger charge is -2.29. The van der Waals surface area contributed by atoms with E-state index < -0.39 is 17.0 Å². The Bertz CT molecular complexity index is 484. The summed E-state index contributed by atoms with van der Waals surface area (Å²) in [6.45, 7) is 0.412. The van der Waals surface area contributed by atoms with E-state index in [4.69, 9.17) is 15.2 Å². The molecule has 1 heterocycles. The summed E-state index contributed by atoms with van der Waals surface area (Å²) < 4.78 is 24.9. The largest absolute Gasteiger partial charge is 0.505 e. The van der Waals surface area contributed by atoms with Crippen LogP contribution in [0.4, 0.5) is 4.39 Å².